The van der Waals surface area contributed by atoms with Crippen LogP contribution in [0.15, 0.2) is 29.3 Å². The van der Waals surface area contributed by atoms with E-state index in [-0.39, 0.29) is 11.8 Å². The summed E-state index contributed by atoms with van der Waals surface area (Å²) in [6, 6.07) is 6.51. The average Bonchev–Trinajstić information content (AvgIpc) is 3.22. The van der Waals surface area contributed by atoms with Gasteiger partial charge in [0.15, 0.2) is 5.13 Å². The molecule has 2 aliphatic rings. The lowest BCUT2D eigenvalue weighted by Gasteiger charge is -2.26. The van der Waals surface area contributed by atoms with Crippen molar-refractivity contribution in [3.63, 3.8) is 0 Å². The van der Waals surface area contributed by atoms with Gasteiger partial charge in [-0.25, -0.2) is 15.0 Å². The number of aliphatic hydroxyl groups is 1. The van der Waals surface area contributed by atoms with Crippen LogP contribution in [0.3, 0.4) is 0 Å². The lowest BCUT2D eigenvalue weighted by molar-refractivity contribution is -0.384. The number of aliphatic hydroxyl groups excluding tert-OH is 1. The van der Waals surface area contributed by atoms with Crippen LogP contribution in [0.5, 0.6) is 0 Å². The van der Waals surface area contributed by atoms with E-state index in [0.29, 0.717) is 55.0 Å². The van der Waals surface area contributed by atoms with Crippen molar-refractivity contribution in [1.29, 1.82) is 0 Å². The number of rotatable bonds is 6. The van der Waals surface area contributed by atoms with E-state index in [1.807, 2.05) is 6.07 Å². The van der Waals surface area contributed by atoms with Crippen molar-refractivity contribution in [1.82, 2.24) is 19.9 Å². The lowest BCUT2D eigenvalue weighted by Crippen LogP contribution is -2.35. The highest BCUT2D eigenvalue weighted by molar-refractivity contribution is 7.22. The molecule has 0 spiro atoms. The highest BCUT2D eigenvalue weighted by atomic mass is 32.1. The molecule has 1 saturated carbocycles. The number of aliphatic imine (C=N–C) groups is 1. The summed E-state index contributed by atoms with van der Waals surface area (Å²) in [4.78, 5) is 31.5. The molecule has 11 nitrogen and oxygen atoms in total. The number of morpholine rings is 1. The topological polar surface area (TPSA) is 139 Å². The molecule has 1 saturated heterocycles. The summed E-state index contributed by atoms with van der Waals surface area (Å²) < 4.78 is 6.17. The normalized spacial score (nSPS) is 19.3. The molecule has 5 rings (SSSR count). The molecule has 3 heterocycles. The molecule has 178 valence electrons. The third-order valence-electron chi connectivity index (χ3n) is 5.86. The van der Waals surface area contributed by atoms with Gasteiger partial charge in [0.2, 0.25) is 0 Å². The highest BCUT2D eigenvalue weighted by Crippen LogP contribution is 2.31. The van der Waals surface area contributed by atoms with E-state index in [9.17, 15) is 15.2 Å². The van der Waals surface area contributed by atoms with E-state index in [1.54, 1.807) is 6.07 Å². The SMILES string of the molecule is O=[N+]([O-])c1ccc2nc(Nc3cc(CN4CCOCC4)nc(N=C4CCC(O)CC4)n3)sc2c1. The predicted octanol–water partition coefficient (Wildman–Crippen LogP) is 3.58. The summed E-state index contributed by atoms with van der Waals surface area (Å²) in [5.41, 5.74) is 2.55. The summed E-state index contributed by atoms with van der Waals surface area (Å²) in [5, 5.41) is 24.7. The zero-order valence-corrected chi connectivity index (χ0v) is 19.3. The van der Waals surface area contributed by atoms with Crippen LogP contribution in [0.4, 0.5) is 22.6 Å². The molecule has 0 radical (unpaired) electrons. The molecular formula is C22H25N7O4S. The van der Waals surface area contributed by atoms with Gasteiger partial charge in [-0.15, -0.1) is 0 Å². The minimum atomic E-state index is -0.412. The highest BCUT2D eigenvalue weighted by Gasteiger charge is 2.18. The fourth-order valence-corrected chi connectivity index (χ4v) is 4.95. The molecule has 2 fully saturated rings. The maximum Gasteiger partial charge on any atom is 0.270 e. The van der Waals surface area contributed by atoms with Gasteiger partial charge in [-0.05, 0) is 31.7 Å². The minimum absolute atomic E-state index is 0.0354. The fourth-order valence-electron chi connectivity index (χ4n) is 4.05. The largest absolute Gasteiger partial charge is 0.393 e. The van der Waals surface area contributed by atoms with Crippen LogP contribution in [0.2, 0.25) is 0 Å². The number of nitro benzene ring substituents is 1. The number of benzene rings is 1. The van der Waals surface area contributed by atoms with E-state index in [4.69, 9.17) is 9.73 Å². The Hall–Kier alpha value is -3.06. The van der Waals surface area contributed by atoms with Crippen molar-refractivity contribution in [3.8, 4) is 0 Å². The molecule has 2 aromatic heterocycles. The van der Waals surface area contributed by atoms with Crippen molar-refractivity contribution in [2.75, 3.05) is 31.6 Å². The summed E-state index contributed by atoms with van der Waals surface area (Å²) in [6.07, 6.45) is 2.61. The van der Waals surface area contributed by atoms with Gasteiger partial charge in [-0.2, -0.15) is 4.98 Å². The Morgan fingerprint density at radius 3 is 2.76 bits per heavy atom. The molecule has 2 N–H and O–H groups in total. The quantitative estimate of drug-likeness (QED) is 0.398. The number of nitrogens with zero attached hydrogens (tertiary/aromatic N) is 6. The van der Waals surface area contributed by atoms with Crippen LogP contribution in [-0.4, -0.2) is 68.0 Å². The molecule has 0 atom stereocenters. The van der Waals surface area contributed by atoms with Gasteiger partial charge in [0, 0.05) is 43.5 Å². The van der Waals surface area contributed by atoms with Crippen LogP contribution >= 0.6 is 11.3 Å². The van der Waals surface area contributed by atoms with E-state index in [1.165, 1.54) is 23.5 Å². The summed E-state index contributed by atoms with van der Waals surface area (Å²) >= 11 is 1.33. The Kier molecular flexibility index (Phi) is 6.72. The van der Waals surface area contributed by atoms with E-state index >= 15 is 0 Å². The Morgan fingerprint density at radius 2 is 2.00 bits per heavy atom. The molecular weight excluding hydrogens is 458 g/mol. The van der Waals surface area contributed by atoms with Crippen LogP contribution in [-0.2, 0) is 11.3 Å². The van der Waals surface area contributed by atoms with Crippen LogP contribution < -0.4 is 5.32 Å². The van der Waals surface area contributed by atoms with Gasteiger partial charge in [0.1, 0.15) is 5.82 Å². The van der Waals surface area contributed by atoms with Gasteiger partial charge in [-0.3, -0.25) is 15.0 Å². The predicted molar refractivity (Wildman–Crippen MR) is 129 cm³/mol. The van der Waals surface area contributed by atoms with E-state index < -0.39 is 4.92 Å². The third kappa shape index (κ3) is 5.53. The number of anilines is 2. The molecule has 0 amide bonds. The Morgan fingerprint density at radius 1 is 1.21 bits per heavy atom. The first-order chi connectivity index (χ1) is 16.5. The van der Waals surface area contributed by atoms with Crippen molar-refractivity contribution in [3.05, 3.63) is 40.1 Å². The van der Waals surface area contributed by atoms with Gasteiger partial charge < -0.3 is 15.2 Å². The summed E-state index contributed by atoms with van der Waals surface area (Å²) in [7, 11) is 0. The molecule has 1 aliphatic heterocycles. The second-order valence-corrected chi connectivity index (χ2v) is 9.43. The number of ether oxygens (including phenoxy) is 1. The number of nitrogens with one attached hydrogen (secondary N) is 1. The first-order valence-electron chi connectivity index (χ1n) is 11.3. The Labute approximate surface area is 199 Å². The maximum absolute atomic E-state index is 11.1. The zero-order chi connectivity index (χ0) is 23.5. The lowest BCUT2D eigenvalue weighted by atomic mass is 9.96. The molecule has 1 aliphatic carbocycles. The van der Waals surface area contributed by atoms with Crippen molar-refractivity contribution < 1.29 is 14.8 Å². The number of aromatic nitrogens is 3. The van der Waals surface area contributed by atoms with Gasteiger partial charge >= 0.3 is 0 Å². The van der Waals surface area contributed by atoms with Crippen molar-refractivity contribution in [2.45, 2.75) is 38.3 Å². The number of hydrogen-bond acceptors (Lipinski definition) is 11. The minimum Gasteiger partial charge on any atom is -0.393 e. The van der Waals surface area contributed by atoms with E-state index in [0.717, 1.165) is 42.0 Å². The smallest absolute Gasteiger partial charge is 0.270 e. The first kappa shape index (κ1) is 22.7. The average molecular weight is 484 g/mol. The van der Waals surface area contributed by atoms with Crippen molar-refractivity contribution >= 4 is 49.9 Å². The fraction of sp³-hybridized carbons (Fsp3) is 0.455. The third-order valence-corrected chi connectivity index (χ3v) is 6.80. The zero-order valence-electron chi connectivity index (χ0n) is 18.5. The van der Waals surface area contributed by atoms with Gasteiger partial charge in [0.25, 0.3) is 11.6 Å². The van der Waals surface area contributed by atoms with E-state index in [2.05, 4.69) is 25.2 Å². The molecule has 0 bridgehead atoms. The second kappa shape index (κ2) is 10.1. The maximum atomic E-state index is 11.1. The number of non-ortho nitro benzene ring substituents is 1. The Bertz CT molecular complexity index is 1220. The number of thiazole rings is 1. The van der Waals surface area contributed by atoms with Crippen molar-refractivity contribution in [2.24, 2.45) is 4.99 Å². The summed E-state index contributed by atoms with van der Waals surface area (Å²) in [6.45, 7) is 3.73. The second-order valence-electron chi connectivity index (χ2n) is 8.40. The van der Waals surface area contributed by atoms with Gasteiger partial charge in [0.05, 0.1) is 40.2 Å². The Balaban J connectivity index is 1.42. The number of nitro groups is 1. The number of fused-ring (bicyclic) bond motifs is 1. The molecule has 0 unspecified atom stereocenters. The van der Waals surface area contributed by atoms with Crippen LogP contribution in [0.1, 0.15) is 31.4 Å². The first-order valence-corrected chi connectivity index (χ1v) is 12.1. The monoisotopic (exact) mass is 483 g/mol. The molecule has 1 aromatic carbocycles. The number of hydrogen-bond donors (Lipinski definition) is 2. The van der Waals surface area contributed by atoms with Crippen LogP contribution in [0.25, 0.3) is 10.2 Å². The standard InChI is InChI=1S/C22H25N7O4S/c30-17-4-1-14(2-5-17)23-21-24-15(13-28-7-9-33-10-8-28)11-20(26-21)27-22-25-18-6-3-16(29(31)32)12-19(18)34-22/h3,6,11-12,17,30H,1-2,4-5,7-10,13H2,(H,24,25,26,27). The molecule has 34 heavy (non-hydrogen) atoms. The summed E-state index contributed by atoms with van der Waals surface area (Å²) in [5.74, 6) is 0.957. The van der Waals surface area contributed by atoms with Gasteiger partial charge in [-0.1, -0.05) is 11.3 Å². The molecule has 3 aromatic rings. The van der Waals surface area contributed by atoms with Crippen LogP contribution in [0, 0.1) is 10.1 Å². The molecule has 12 heteroatoms.